The number of halogens is 6. The van der Waals surface area contributed by atoms with Gasteiger partial charge in [-0.05, 0) is 13.3 Å². The lowest BCUT2D eigenvalue weighted by Crippen LogP contribution is -2.42. The number of carbonyl (C=O) groups excluding carboxylic acids is 1. The number of hydrogen-bond donors (Lipinski definition) is 3. The minimum atomic E-state index is -4.86. The molecule has 3 rings (SSSR count). The molecule has 2 aromatic heterocycles. The van der Waals surface area contributed by atoms with E-state index >= 15 is 0 Å². The van der Waals surface area contributed by atoms with Crippen LogP contribution in [0.25, 0.3) is 0 Å². The van der Waals surface area contributed by atoms with Crippen molar-refractivity contribution < 1.29 is 31.1 Å². The lowest BCUT2D eigenvalue weighted by molar-refractivity contribution is -0.139. The molecule has 1 saturated heterocycles. The van der Waals surface area contributed by atoms with E-state index < -0.39 is 40.8 Å². The van der Waals surface area contributed by atoms with Crippen LogP contribution in [0.2, 0.25) is 0 Å². The van der Waals surface area contributed by atoms with Crippen molar-refractivity contribution in [3.8, 4) is 0 Å². The predicted octanol–water partition coefficient (Wildman–Crippen LogP) is 2.88. The molecule has 2 amide bonds. The van der Waals surface area contributed by atoms with Crippen LogP contribution in [-0.2, 0) is 12.4 Å². The first kappa shape index (κ1) is 27.7. The van der Waals surface area contributed by atoms with E-state index in [1.54, 1.807) is 23.0 Å². The number of carbonyl (C=O) groups is 1. The molecule has 0 unspecified atom stereocenters. The monoisotopic (exact) mass is 534 g/mol. The molecule has 0 spiro atoms. The van der Waals surface area contributed by atoms with Gasteiger partial charge in [0.2, 0.25) is 5.95 Å². The van der Waals surface area contributed by atoms with Crippen LogP contribution < -0.4 is 21.1 Å². The van der Waals surface area contributed by atoms with Crippen molar-refractivity contribution in [2.75, 3.05) is 42.9 Å². The summed E-state index contributed by atoms with van der Waals surface area (Å²) in [6, 6.07) is -0.990. The maximum atomic E-state index is 13.1. The SMILES string of the molecule is C[C@@H](/C=C/CNC(=O)N1CCCN(c2ncc(C(F)(F)F)cn2)CC1)Nc1cn[nH]c(=O)c1C(F)(F)F. The molecule has 0 aliphatic carbocycles. The molecule has 202 valence electrons. The molecule has 1 aliphatic rings. The third-order valence-corrected chi connectivity index (χ3v) is 5.35. The second-order valence-electron chi connectivity index (χ2n) is 8.13. The Hall–Kier alpha value is -3.85. The van der Waals surface area contributed by atoms with Crippen molar-refractivity contribution in [2.45, 2.75) is 31.7 Å². The Labute approximate surface area is 206 Å². The van der Waals surface area contributed by atoms with Crippen molar-refractivity contribution in [1.29, 1.82) is 0 Å². The zero-order chi connectivity index (χ0) is 27.2. The Bertz CT molecular complexity index is 1150. The summed E-state index contributed by atoms with van der Waals surface area (Å²) < 4.78 is 77.5. The quantitative estimate of drug-likeness (QED) is 0.385. The number of nitrogens with zero attached hydrogens (tertiary/aromatic N) is 5. The number of H-pyrrole nitrogens is 1. The molecule has 3 heterocycles. The summed E-state index contributed by atoms with van der Waals surface area (Å²) in [5, 5.41) is 10.4. The molecule has 1 aliphatic heterocycles. The fourth-order valence-electron chi connectivity index (χ4n) is 3.56. The van der Waals surface area contributed by atoms with Gasteiger partial charge in [0.15, 0.2) is 0 Å². The summed E-state index contributed by atoms with van der Waals surface area (Å²) in [4.78, 5) is 34.8. The molecule has 0 bridgehead atoms. The first-order chi connectivity index (χ1) is 17.4. The molecule has 0 aromatic carbocycles. The van der Waals surface area contributed by atoms with Crippen molar-refractivity contribution in [3.63, 3.8) is 0 Å². The molecular weight excluding hydrogens is 510 g/mol. The van der Waals surface area contributed by atoms with Crippen molar-refractivity contribution >= 4 is 17.7 Å². The Kier molecular flexibility index (Phi) is 8.60. The Balaban J connectivity index is 1.48. The highest BCUT2D eigenvalue weighted by molar-refractivity contribution is 5.74. The van der Waals surface area contributed by atoms with Crippen LogP contribution in [-0.4, -0.2) is 69.9 Å². The van der Waals surface area contributed by atoms with E-state index in [-0.39, 0.29) is 25.1 Å². The van der Waals surface area contributed by atoms with Gasteiger partial charge in [-0.15, -0.1) is 0 Å². The molecule has 37 heavy (non-hydrogen) atoms. The van der Waals surface area contributed by atoms with Crippen molar-refractivity contribution in [2.24, 2.45) is 0 Å². The third kappa shape index (κ3) is 7.57. The van der Waals surface area contributed by atoms with Crippen LogP contribution in [0.5, 0.6) is 0 Å². The lowest BCUT2D eigenvalue weighted by Gasteiger charge is -2.22. The van der Waals surface area contributed by atoms with E-state index in [0.717, 1.165) is 18.6 Å². The average Bonchev–Trinajstić information content (AvgIpc) is 3.07. The highest BCUT2D eigenvalue weighted by atomic mass is 19.4. The van der Waals surface area contributed by atoms with Gasteiger partial charge in [0.25, 0.3) is 5.56 Å². The van der Waals surface area contributed by atoms with Gasteiger partial charge in [-0.3, -0.25) is 4.79 Å². The number of rotatable bonds is 6. The van der Waals surface area contributed by atoms with Gasteiger partial charge in [0.1, 0.15) is 5.56 Å². The number of hydrogen-bond acceptors (Lipinski definition) is 7. The lowest BCUT2D eigenvalue weighted by atomic mass is 10.2. The summed E-state index contributed by atoms with van der Waals surface area (Å²) in [7, 11) is 0. The third-order valence-electron chi connectivity index (χ3n) is 5.35. The van der Waals surface area contributed by atoms with Crippen LogP contribution in [0, 0.1) is 0 Å². The normalized spacial score (nSPS) is 16.0. The smallest absolute Gasteiger partial charge is 0.377 e. The number of alkyl halides is 6. The standard InChI is InChI=1S/C21H24F6N8O2/c1-13(32-15-12-31-33-17(36)16(15)21(25,26)27)4-2-5-28-19(37)35-7-3-6-34(8-9-35)18-29-10-14(11-30-18)20(22,23)24/h2,4,10-13H,3,5-9H2,1H3,(H,28,37)(H2,32,33,36)/b4-2+/t13-/m0/s1. The molecule has 1 atom stereocenters. The Morgan fingerprint density at radius 3 is 2.43 bits per heavy atom. The van der Waals surface area contributed by atoms with Gasteiger partial charge >= 0.3 is 18.4 Å². The number of aromatic amines is 1. The minimum absolute atomic E-state index is 0.0901. The second-order valence-corrected chi connectivity index (χ2v) is 8.13. The van der Waals surface area contributed by atoms with E-state index in [1.807, 2.05) is 0 Å². The van der Waals surface area contributed by atoms with E-state index in [9.17, 15) is 35.9 Å². The highest BCUT2D eigenvalue weighted by Gasteiger charge is 2.37. The fraction of sp³-hybridized carbons (Fsp3) is 0.476. The first-order valence-electron chi connectivity index (χ1n) is 11.1. The van der Waals surface area contributed by atoms with Gasteiger partial charge in [-0.25, -0.2) is 19.9 Å². The second kappa shape index (κ2) is 11.5. The zero-order valence-corrected chi connectivity index (χ0v) is 19.5. The highest BCUT2D eigenvalue weighted by Crippen LogP contribution is 2.31. The number of amides is 2. The maximum Gasteiger partial charge on any atom is 0.423 e. The molecule has 10 nitrogen and oxygen atoms in total. The molecular formula is C21H24F6N8O2. The molecule has 0 saturated carbocycles. The number of anilines is 2. The molecule has 1 fully saturated rings. The molecule has 2 aromatic rings. The molecule has 16 heteroatoms. The van der Waals surface area contributed by atoms with Crippen LogP contribution in [0.3, 0.4) is 0 Å². The maximum absolute atomic E-state index is 13.1. The van der Waals surface area contributed by atoms with Crippen LogP contribution in [0.15, 0.2) is 35.5 Å². The number of nitrogens with one attached hydrogen (secondary N) is 3. The minimum Gasteiger partial charge on any atom is -0.377 e. The Morgan fingerprint density at radius 2 is 1.78 bits per heavy atom. The van der Waals surface area contributed by atoms with Crippen molar-refractivity contribution in [3.05, 3.63) is 52.2 Å². The predicted molar refractivity (Wildman–Crippen MR) is 121 cm³/mol. The number of urea groups is 1. The summed E-state index contributed by atoms with van der Waals surface area (Å²) in [5.74, 6) is 0.143. The van der Waals surface area contributed by atoms with Crippen LogP contribution in [0.4, 0.5) is 42.8 Å². The van der Waals surface area contributed by atoms with E-state index in [2.05, 4.69) is 25.7 Å². The van der Waals surface area contributed by atoms with E-state index in [1.165, 1.54) is 11.0 Å². The van der Waals surface area contributed by atoms with Gasteiger partial charge in [0.05, 0.1) is 17.4 Å². The van der Waals surface area contributed by atoms with Gasteiger partial charge in [-0.1, -0.05) is 12.2 Å². The van der Waals surface area contributed by atoms with Crippen LogP contribution >= 0.6 is 0 Å². The largest absolute Gasteiger partial charge is 0.423 e. The van der Waals surface area contributed by atoms with Gasteiger partial charge in [0, 0.05) is 51.2 Å². The van der Waals surface area contributed by atoms with Gasteiger partial charge < -0.3 is 20.4 Å². The summed E-state index contributed by atoms with van der Waals surface area (Å²) in [5.41, 5.74) is -4.15. The summed E-state index contributed by atoms with van der Waals surface area (Å²) in [6.45, 7) is 3.12. The average molecular weight is 534 g/mol. The molecule has 0 radical (unpaired) electrons. The first-order valence-corrected chi connectivity index (χ1v) is 11.1. The van der Waals surface area contributed by atoms with E-state index in [4.69, 9.17) is 0 Å². The van der Waals surface area contributed by atoms with Gasteiger partial charge in [-0.2, -0.15) is 31.4 Å². The van der Waals surface area contributed by atoms with Crippen LogP contribution in [0.1, 0.15) is 24.5 Å². The fourth-order valence-corrected chi connectivity index (χ4v) is 3.56. The Morgan fingerprint density at radius 1 is 1.08 bits per heavy atom. The molecule has 3 N–H and O–H groups in total. The zero-order valence-electron chi connectivity index (χ0n) is 19.5. The van der Waals surface area contributed by atoms with E-state index in [0.29, 0.717) is 26.1 Å². The number of aromatic nitrogens is 4. The summed E-state index contributed by atoms with van der Waals surface area (Å²) in [6.07, 6.45) is -3.48. The topological polar surface area (TPSA) is 119 Å². The van der Waals surface area contributed by atoms with Crippen molar-refractivity contribution in [1.82, 2.24) is 30.4 Å². The summed E-state index contributed by atoms with van der Waals surface area (Å²) >= 11 is 0.